The largest absolute Gasteiger partial charge is 0.506 e. The first kappa shape index (κ1) is 13.3. The summed E-state index contributed by atoms with van der Waals surface area (Å²) in [5, 5.41) is 9.75. The predicted octanol–water partition coefficient (Wildman–Crippen LogP) is 3.52. The van der Waals surface area contributed by atoms with E-state index in [2.05, 4.69) is 32.7 Å². The van der Waals surface area contributed by atoms with Crippen LogP contribution in [0.3, 0.4) is 0 Å². The van der Waals surface area contributed by atoms with Crippen LogP contribution in [0, 0.1) is 5.92 Å². The van der Waals surface area contributed by atoms with E-state index in [9.17, 15) is 5.11 Å². The minimum atomic E-state index is 0.143. The zero-order chi connectivity index (χ0) is 12.3. The second-order valence-electron chi connectivity index (χ2n) is 4.69. The predicted molar refractivity (Wildman–Crippen MR) is 68.9 cm³/mol. The monoisotopic (exact) mass is 241 g/mol. The van der Waals surface area contributed by atoms with Crippen molar-refractivity contribution in [2.24, 2.45) is 5.92 Å². The maximum absolute atomic E-state index is 9.33. The second kappa shape index (κ2) is 5.55. The molecule has 3 heteroatoms. The highest BCUT2D eigenvalue weighted by Crippen LogP contribution is 2.24. The van der Waals surface area contributed by atoms with Crippen LogP contribution in [0.1, 0.15) is 26.3 Å². The van der Waals surface area contributed by atoms with Crippen molar-refractivity contribution in [3.8, 4) is 5.75 Å². The molecule has 0 heterocycles. The highest BCUT2D eigenvalue weighted by atomic mass is 35.5. The molecule has 0 fully saturated rings. The molecule has 0 amide bonds. The van der Waals surface area contributed by atoms with Crippen LogP contribution < -0.4 is 0 Å². The van der Waals surface area contributed by atoms with Crippen molar-refractivity contribution in [3.63, 3.8) is 0 Å². The smallest absolute Gasteiger partial charge is 0.134 e. The molecule has 1 unspecified atom stereocenters. The Morgan fingerprint density at radius 3 is 2.44 bits per heavy atom. The Morgan fingerprint density at radius 2 is 1.94 bits per heavy atom. The lowest BCUT2D eigenvalue weighted by molar-refractivity contribution is 0.200. The normalized spacial score (nSPS) is 13.4. The summed E-state index contributed by atoms with van der Waals surface area (Å²) >= 11 is 5.87. The van der Waals surface area contributed by atoms with Crippen LogP contribution in [0.25, 0.3) is 0 Å². The third-order valence-corrected chi connectivity index (χ3v) is 3.41. The van der Waals surface area contributed by atoms with E-state index in [-0.39, 0.29) is 5.75 Å². The van der Waals surface area contributed by atoms with Gasteiger partial charge in [0.15, 0.2) is 0 Å². The van der Waals surface area contributed by atoms with E-state index >= 15 is 0 Å². The van der Waals surface area contributed by atoms with E-state index in [1.165, 1.54) is 0 Å². The van der Waals surface area contributed by atoms with Crippen LogP contribution in [-0.2, 0) is 6.54 Å². The molecule has 0 aliphatic rings. The van der Waals surface area contributed by atoms with Gasteiger partial charge in [-0.3, -0.25) is 4.90 Å². The van der Waals surface area contributed by atoms with Crippen LogP contribution in [0.4, 0.5) is 0 Å². The van der Waals surface area contributed by atoms with Crippen LogP contribution in [0.5, 0.6) is 5.75 Å². The lowest BCUT2D eigenvalue weighted by Crippen LogP contribution is -2.32. The molecule has 1 aromatic carbocycles. The Kier molecular flexibility index (Phi) is 4.63. The first-order valence-electron chi connectivity index (χ1n) is 5.59. The summed E-state index contributed by atoms with van der Waals surface area (Å²) in [7, 11) is 2.10. The number of benzene rings is 1. The van der Waals surface area contributed by atoms with Crippen LogP contribution >= 0.6 is 11.6 Å². The number of hydrogen-bond donors (Lipinski definition) is 1. The fourth-order valence-corrected chi connectivity index (χ4v) is 1.79. The molecule has 1 rings (SSSR count). The van der Waals surface area contributed by atoms with E-state index in [0.29, 0.717) is 17.0 Å². The number of hydrogen-bond acceptors (Lipinski definition) is 2. The fourth-order valence-electron chi connectivity index (χ4n) is 1.59. The van der Waals surface area contributed by atoms with Gasteiger partial charge in [-0.25, -0.2) is 0 Å². The van der Waals surface area contributed by atoms with Gasteiger partial charge in [-0.1, -0.05) is 31.5 Å². The van der Waals surface area contributed by atoms with Gasteiger partial charge < -0.3 is 5.11 Å². The van der Waals surface area contributed by atoms with Crippen LogP contribution in [-0.4, -0.2) is 23.1 Å². The summed E-state index contributed by atoms with van der Waals surface area (Å²) in [6.07, 6.45) is 0. The molecule has 90 valence electrons. The lowest BCUT2D eigenvalue weighted by Gasteiger charge is -2.27. The first-order valence-corrected chi connectivity index (χ1v) is 5.97. The summed E-state index contributed by atoms with van der Waals surface area (Å²) < 4.78 is 0. The Labute approximate surface area is 103 Å². The SMILES string of the molecule is CC(C)C(C)N(C)Cc1ccc(O)c(Cl)c1. The van der Waals surface area contributed by atoms with Crippen molar-refractivity contribution < 1.29 is 5.11 Å². The Balaban J connectivity index is 2.69. The third-order valence-electron chi connectivity index (χ3n) is 3.10. The van der Waals surface area contributed by atoms with Crippen LogP contribution in [0.2, 0.25) is 5.02 Å². The molecule has 1 atom stereocenters. The van der Waals surface area contributed by atoms with Crippen molar-refractivity contribution in [2.75, 3.05) is 7.05 Å². The molecule has 0 saturated heterocycles. The minimum Gasteiger partial charge on any atom is -0.506 e. The molecule has 1 aromatic rings. The van der Waals surface area contributed by atoms with E-state index in [1.54, 1.807) is 6.07 Å². The van der Waals surface area contributed by atoms with E-state index in [4.69, 9.17) is 11.6 Å². The number of nitrogens with zero attached hydrogens (tertiary/aromatic N) is 1. The maximum Gasteiger partial charge on any atom is 0.134 e. The van der Waals surface area contributed by atoms with Gasteiger partial charge in [-0.2, -0.15) is 0 Å². The molecule has 16 heavy (non-hydrogen) atoms. The molecular formula is C13H20ClNO. The molecule has 0 aliphatic carbocycles. The van der Waals surface area contributed by atoms with Gasteiger partial charge in [0, 0.05) is 12.6 Å². The molecule has 0 bridgehead atoms. The van der Waals surface area contributed by atoms with Crippen LogP contribution in [0.15, 0.2) is 18.2 Å². The topological polar surface area (TPSA) is 23.5 Å². The van der Waals surface area contributed by atoms with Crippen molar-refractivity contribution in [1.82, 2.24) is 4.90 Å². The van der Waals surface area contributed by atoms with Crippen molar-refractivity contribution in [1.29, 1.82) is 0 Å². The van der Waals surface area contributed by atoms with E-state index < -0.39 is 0 Å². The maximum atomic E-state index is 9.33. The molecule has 0 aliphatic heterocycles. The molecule has 0 saturated carbocycles. The van der Waals surface area contributed by atoms with Gasteiger partial charge in [-0.05, 0) is 37.6 Å². The Bertz CT molecular complexity index is 352. The number of phenols is 1. The second-order valence-corrected chi connectivity index (χ2v) is 5.09. The summed E-state index contributed by atoms with van der Waals surface area (Å²) in [6, 6.07) is 5.89. The van der Waals surface area contributed by atoms with Gasteiger partial charge in [0.2, 0.25) is 0 Å². The quantitative estimate of drug-likeness (QED) is 0.872. The zero-order valence-corrected chi connectivity index (χ0v) is 11.1. The van der Waals surface area contributed by atoms with Gasteiger partial charge in [0.1, 0.15) is 5.75 Å². The number of phenolic OH excluding ortho intramolecular Hbond substituents is 1. The van der Waals surface area contributed by atoms with Crippen molar-refractivity contribution >= 4 is 11.6 Å². The molecule has 2 nitrogen and oxygen atoms in total. The molecular weight excluding hydrogens is 222 g/mol. The van der Waals surface area contributed by atoms with Crippen molar-refractivity contribution in [2.45, 2.75) is 33.4 Å². The summed E-state index contributed by atoms with van der Waals surface area (Å²) in [6.45, 7) is 7.49. The molecule has 1 N–H and O–H groups in total. The standard InChI is InChI=1S/C13H20ClNO/c1-9(2)10(3)15(4)8-11-5-6-13(16)12(14)7-11/h5-7,9-10,16H,8H2,1-4H3. The minimum absolute atomic E-state index is 0.143. The number of rotatable bonds is 4. The highest BCUT2D eigenvalue weighted by molar-refractivity contribution is 6.32. The lowest BCUT2D eigenvalue weighted by atomic mass is 10.0. The fraction of sp³-hybridized carbons (Fsp3) is 0.538. The summed E-state index contributed by atoms with van der Waals surface area (Å²) in [5.41, 5.74) is 1.12. The third kappa shape index (κ3) is 3.39. The zero-order valence-electron chi connectivity index (χ0n) is 10.4. The summed E-state index contributed by atoms with van der Waals surface area (Å²) in [5.74, 6) is 0.766. The van der Waals surface area contributed by atoms with E-state index in [1.807, 2.05) is 12.1 Å². The van der Waals surface area contributed by atoms with Crippen molar-refractivity contribution in [3.05, 3.63) is 28.8 Å². The molecule has 0 radical (unpaired) electrons. The Morgan fingerprint density at radius 1 is 1.31 bits per heavy atom. The van der Waals surface area contributed by atoms with Gasteiger partial charge in [-0.15, -0.1) is 0 Å². The average Bonchev–Trinajstić information content (AvgIpc) is 2.22. The number of halogens is 1. The number of aromatic hydroxyl groups is 1. The van der Waals surface area contributed by atoms with Gasteiger partial charge in [0.25, 0.3) is 0 Å². The van der Waals surface area contributed by atoms with E-state index in [0.717, 1.165) is 12.1 Å². The average molecular weight is 242 g/mol. The van der Waals surface area contributed by atoms with Gasteiger partial charge >= 0.3 is 0 Å². The first-order chi connectivity index (χ1) is 7.41. The Hall–Kier alpha value is -0.730. The highest BCUT2D eigenvalue weighted by Gasteiger charge is 2.13. The van der Waals surface area contributed by atoms with Gasteiger partial charge in [0.05, 0.1) is 5.02 Å². The summed E-state index contributed by atoms with van der Waals surface area (Å²) in [4.78, 5) is 2.29. The molecule has 0 spiro atoms. The molecule has 0 aromatic heterocycles.